The second-order valence-electron chi connectivity index (χ2n) is 4.11. The summed E-state index contributed by atoms with van der Waals surface area (Å²) >= 11 is 0. The summed E-state index contributed by atoms with van der Waals surface area (Å²) < 4.78 is 5.09. The molecule has 0 bridgehead atoms. The van der Waals surface area contributed by atoms with E-state index in [-0.39, 0.29) is 6.10 Å². The van der Waals surface area contributed by atoms with Crippen LogP contribution in [0.4, 0.5) is 0 Å². The zero-order chi connectivity index (χ0) is 9.68. The Labute approximate surface area is 80.7 Å². The molecule has 1 unspecified atom stereocenters. The van der Waals surface area contributed by atoms with Crippen molar-refractivity contribution >= 4 is 5.78 Å². The lowest BCUT2D eigenvalue weighted by atomic mass is 10.1. The van der Waals surface area contributed by atoms with Crippen LogP contribution in [0.1, 0.15) is 45.4 Å². The minimum Gasteiger partial charge on any atom is -0.382 e. The second kappa shape index (κ2) is 5.38. The number of hydrogen-bond acceptors (Lipinski definition) is 2. The molecular formula is C11H20O2. The maximum atomic E-state index is 11.3. The predicted octanol–water partition coefficient (Wildman–Crippen LogP) is 2.56. The molecule has 0 amide bonds. The van der Waals surface area contributed by atoms with Gasteiger partial charge in [0.05, 0.1) is 6.10 Å². The number of carbonyl (C=O) groups is 1. The molecule has 1 saturated carbocycles. The standard InChI is InChI=1S/C11H20O2/c1-9(13-2)3-7-11(12)8-6-10-4-5-10/h9-10H,3-8H2,1-2H3. The maximum absolute atomic E-state index is 11.3. The van der Waals surface area contributed by atoms with Crippen LogP contribution in [-0.4, -0.2) is 19.0 Å². The zero-order valence-corrected chi connectivity index (χ0v) is 8.71. The number of rotatable bonds is 7. The van der Waals surface area contributed by atoms with Gasteiger partial charge in [0, 0.05) is 20.0 Å². The van der Waals surface area contributed by atoms with Gasteiger partial charge in [-0.05, 0) is 25.7 Å². The first kappa shape index (κ1) is 10.7. The molecule has 1 rings (SSSR count). The molecule has 0 N–H and O–H groups in total. The van der Waals surface area contributed by atoms with Gasteiger partial charge in [0.15, 0.2) is 0 Å². The summed E-state index contributed by atoms with van der Waals surface area (Å²) in [5.74, 6) is 1.29. The van der Waals surface area contributed by atoms with Gasteiger partial charge >= 0.3 is 0 Å². The van der Waals surface area contributed by atoms with Crippen LogP contribution >= 0.6 is 0 Å². The summed E-state index contributed by atoms with van der Waals surface area (Å²) in [4.78, 5) is 11.3. The van der Waals surface area contributed by atoms with Crippen molar-refractivity contribution in [3.8, 4) is 0 Å². The van der Waals surface area contributed by atoms with E-state index in [1.807, 2.05) is 6.92 Å². The fourth-order valence-electron chi connectivity index (χ4n) is 1.38. The Bertz CT molecular complexity index is 161. The van der Waals surface area contributed by atoms with Gasteiger partial charge in [0.2, 0.25) is 0 Å². The van der Waals surface area contributed by atoms with Crippen LogP contribution in [0.15, 0.2) is 0 Å². The summed E-state index contributed by atoms with van der Waals surface area (Å²) in [6.45, 7) is 2.01. The van der Waals surface area contributed by atoms with E-state index in [4.69, 9.17) is 4.74 Å². The van der Waals surface area contributed by atoms with E-state index in [0.29, 0.717) is 12.2 Å². The molecule has 1 atom stereocenters. The molecule has 0 aromatic rings. The van der Waals surface area contributed by atoms with Crippen molar-refractivity contribution in [1.29, 1.82) is 0 Å². The molecule has 2 heteroatoms. The van der Waals surface area contributed by atoms with Crippen LogP contribution in [0.2, 0.25) is 0 Å². The fraction of sp³-hybridized carbons (Fsp3) is 0.909. The van der Waals surface area contributed by atoms with Crippen molar-refractivity contribution in [3.63, 3.8) is 0 Å². The highest BCUT2D eigenvalue weighted by Gasteiger charge is 2.21. The van der Waals surface area contributed by atoms with E-state index in [1.54, 1.807) is 7.11 Å². The molecule has 0 radical (unpaired) electrons. The molecule has 13 heavy (non-hydrogen) atoms. The summed E-state index contributed by atoms with van der Waals surface area (Å²) in [7, 11) is 1.69. The molecule has 0 spiro atoms. The molecule has 76 valence electrons. The zero-order valence-electron chi connectivity index (χ0n) is 8.71. The third-order valence-corrected chi connectivity index (χ3v) is 2.76. The van der Waals surface area contributed by atoms with Crippen molar-refractivity contribution in [3.05, 3.63) is 0 Å². The smallest absolute Gasteiger partial charge is 0.133 e. The Morgan fingerprint density at radius 3 is 2.69 bits per heavy atom. The lowest BCUT2D eigenvalue weighted by molar-refractivity contribution is -0.119. The first-order chi connectivity index (χ1) is 6.22. The van der Waals surface area contributed by atoms with Gasteiger partial charge in [0.1, 0.15) is 5.78 Å². The second-order valence-corrected chi connectivity index (χ2v) is 4.11. The largest absolute Gasteiger partial charge is 0.382 e. The number of methoxy groups -OCH3 is 1. The number of hydrogen-bond donors (Lipinski definition) is 0. The van der Waals surface area contributed by atoms with Crippen LogP contribution in [0.3, 0.4) is 0 Å². The van der Waals surface area contributed by atoms with Crippen molar-refractivity contribution in [2.75, 3.05) is 7.11 Å². The van der Waals surface area contributed by atoms with E-state index in [9.17, 15) is 4.79 Å². The van der Waals surface area contributed by atoms with Gasteiger partial charge in [-0.3, -0.25) is 4.79 Å². The summed E-state index contributed by atoms with van der Waals surface area (Å²) in [6.07, 6.45) is 6.41. The average molecular weight is 184 g/mol. The number of ketones is 1. The summed E-state index contributed by atoms with van der Waals surface area (Å²) in [5.41, 5.74) is 0. The van der Waals surface area contributed by atoms with E-state index in [1.165, 1.54) is 12.8 Å². The van der Waals surface area contributed by atoms with Gasteiger partial charge < -0.3 is 4.74 Å². The minimum atomic E-state index is 0.227. The Kier molecular flexibility index (Phi) is 4.43. The van der Waals surface area contributed by atoms with Crippen LogP contribution < -0.4 is 0 Å². The van der Waals surface area contributed by atoms with Crippen LogP contribution in [-0.2, 0) is 9.53 Å². The highest BCUT2D eigenvalue weighted by atomic mass is 16.5. The number of carbonyl (C=O) groups excluding carboxylic acids is 1. The first-order valence-electron chi connectivity index (χ1n) is 5.27. The van der Waals surface area contributed by atoms with Gasteiger partial charge in [-0.1, -0.05) is 12.8 Å². The summed E-state index contributed by atoms with van der Waals surface area (Å²) in [5, 5.41) is 0. The molecule has 0 aromatic carbocycles. The van der Waals surface area contributed by atoms with Crippen LogP contribution in [0, 0.1) is 5.92 Å². The van der Waals surface area contributed by atoms with Gasteiger partial charge in [0.25, 0.3) is 0 Å². The van der Waals surface area contributed by atoms with Gasteiger partial charge in [-0.15, -0.1) is 0 Å². The fourth-order valence-corrected chi connectivity index (χ4v) is 1.38. The highest BCUT2D eigenvalue weighted by molar-refractivity contribution is 5.78. The SMILES string of the molecule is COC(C)CCC(=O)CCC1CC1. The summed E-state index contributed by atoms with van der Waals surface area (Å²) in [6, 6.07) is 0. The molecule has 0 aromatic heterocycles. The van der Waals surface area contributed by atoms with Crippen molar-refractivity contribution in [1.82, 2.24) is 0 Å². The molecule has 1 aliphatic carbocycles. The van der Waals surface area contributed by atoms with E-state index in [2.05, 4.69) is 0 Å². The Morgan fingerprint density at radius 2 is 2.15 bits per heavy atom. The third kappa shape index (κ3) is 5.04. The van der Waals surface area contributed by atoms with E-state index in [0.717, 1.165) is 25.2 Å². The first-order valence-corrected chi connectivity index (χ1v) is 5.27. The van der Waals surface area contributed by atoms with Crippen LogP contribution in [0.5, 0.6) is 0 Å². The van der Waals surface area contributed by atoms with E-state index >= 15 is 0 Å². The third-order valence-electron chi connectivity index (χ3n) is 2.76. The predicted molar refractivity (Wildman–Crippen MR) is 52.7 cm³/mol. The quantitative estimate of drug-likeness (QED) is 0.608. The molecule has 0 heterocycles. The lowest BCUT2D eigenvalue weighted by Gasteiger charge is -2.07. The van der Waals surface area contributed by atoms with Crippen molar-refractivity contribution in [2.24, 2.45) is 5.92 Å². The molecule has 0 aliphatic heterocycles. The van der Waals surface area contributed by atoms with Crippen molar-refractivity contribution in [2.45, 2.75) is 51.6 Å². The topological polar surface area (TPSA) is 26.3 Å². The highest BCUT2D eigenvalue weighted by Crippen LogP contribution is 2.33. The molecular weight excluding hydrogens is 164 g/mol. The molecule has 1 aliphatic rings. The Hall–Kier alpha value is -0.370. The minimum absolute atomic E-state index is 0.227. The molecule has 0 saturated heterocycles. The Balaban J connectivity index is 1.96. The lowest BCUT2D eigenvalue weighted by Crippen LogP contribution is -2.08. The van der Waals surface area contributed by atoms with Gasteiger partial charge in [-0.2, -0.15) is 0 Å². The van der Waals surface area contributed by atoms with E-state index < -0.39 is 0 Å². The monoisotopic (exact) mass is 184 g/mol. The maximum Gasteiger partial charge on any atom is 0.133 e. The molecule has 1 fully saturated rings. The Morgan fingerprint density at radius 1 is 1.46 bits per heavy atom. The number of ether oxygens (including phenoxy) is 1. The average Bonchev–Trinajstić information content (AvgIpc) is 2.94. The number of Topliss-reactive ketones (excluding diaryl/α,β-unsaturated/α-hetero) is 1. The van der Waals surface area contributed by atoms with Crippen LogP contribution in [0.25, 0.3) is 0 Å². The van der Waals surface area contributed by atoms with Gasteiger partial charge in [-0.25, -0.2) is 0 Å². The molecule has 2 nitrogen and oxygen atoms in total. The van der Waals surface area contributed by atoms with Crippen molar-refractivity contribution < 1.29 is 9.53 Å². The normalized spacial score (nSPS) is 18.6.